The minimum Gasteiger partial charge on any atom is -0.376 e. The van der Waals surface area contributed by atoms with Crippen LogP contribution in [-0.4, -0.2) is 51.0 Å². The molecule has 9 heteroatoms. The second-order valence-corrected chi connectivity index (χ2v) is 9.07. The smallest absolute Gasteiger partial charge is 0.254 e. The van der Waals surface area contributed by atoms with E-state index >= 15 is 0 Å². The molecule has 0 aliphatic carbocycles. The minimum atomic E-state index is -3.28. The number of anilines is 1. The van der Waals surface area contributed by atoms with E-state index in [2.05, 4.69) is 10.3 Å². The highest BCUT2D eigenvalue weighted by Gasteiger charge is 2.21. The second kappa shape index (κ2) is 7.36. The monoisotopic (exact) mass is 384 g/mol. The van der Waals surface area contributed by atoms with E-state index in [1.54, 1.807) is 19.1 Å². The van der Waals surface area contributed by atoms with Crippen molar-refractivity contribution in [3.63, 3.8) is 0 Å². The molecule has 136 valence electrons. The molecule has 2 heterocycles. The summed E-state index contributed by atoms with van der Waals surface area (Å²) in [5, 5.41) is 3.13. The van der Waals surface area contributed by atoms with Crippen LogP contribution in [-0.2, 0) is 24.1 Å². The average molecular weight is 384 g/mol. The molecule has 1 saturated heterocycles. The zero-order chi connectivity index (χ0) is 18.0. The molecule has 1 aliphatic rings. The summed E-state index contributed by atoms with van der Waals surface area (Å²) in [7, 11) is -3.28. The SMILES string of the molecule is CC(OCC1CCCO1)C(=O)Nc1nc2ccc(S(C)(=O)=O)cc2s1. The van der Waals surface area contributed by atoms with Gasteiger partial charge in [-0.25, -0.2) is 13.4 Å². The highest BCUT2D eigenvalue weighted by atomic mass is 32.2. The molecular weight excluding hydrogens is 364 g/mol. The van der Waals surface area contributed by atoms with Gasteiger partial charge >= 0.3 is 0 Å². The Balaban J connectivity index is 1.64. The molecule has 0 radical (unpaired) electrons. The number of carbonyl (C=O) groups is 1. The predicted molar refractivity (Wildman–Crippen MR) is 95.7 cm³/mol. The van der Waals surface area contributed by atoms with Gasteiger partial charge in [-0.15, -0.1) is 0 Å². The van der Waals surface area contributed by atoms with Crippen molar-refractivity contribution in [2.24, 2.45) is 0 Å². The van der Waals surface area contributed by atoms with Crippen molar-refractivity contribution in [3.8, 4) is 0 Å². The molecule has 2 atom stereocenters. The summed E-state index contributed by atoms with van der Waals surface area (Å²) in [6, 6.07) is 4.71. The molecule has 0 bridgehead atoms. The van der Waals surface area contributed by atoms with E-state index in [0.29, 0.717) is 22.0 Å². The number of benzene rings is 1. The summed E-state index contributed by atoms with van der Waals surface area (Å²) >= 11 is 1.23. The number of sulfone groups is 1. The first-order valence-electron chi connectivity index (χ1n) is 7.97. The highest BCUT2D eigenvalue weighted by Crippen LogP contribution is 2.28. The van der Waals surface area contributed by atoms with Crippen molar-refractivity contribution < 1.29 is 22.7 Å². The van der Waals surface area contributed by atoms with E-state index in [1.807, 2.05) is 0 Å². The van der Waals surface area contributed by atoms with Crippen LogP contribution >= 0.6 is 11.3 Å². The second-order valence-electron chi connectivity index (χ2n) is 6.02. The number of thiazole rings is 1. The van der Waals surface area contributed by atoms with Crippen LogP contribution in [0.5, 0.6) is 0 Å². The Kier molecular flexibility index (Phi) is 5.38. The van der Waals surface area contributed by atoms with Gasteiger partial charge in [0.1, 0.15) is 6.10 Å². The van der Waals surface area contributed by atoms with Gasteiger partial charge in [0, 0.05) is 12.9 Å². The normalized spacial score (nSPS) is 19.2. The van der Waals surface area contributed by atoms with Crippen LogP contribution in [0.1, 0.15) is 19.8 Å². The molecule has 7 nitrogen and oxygen atoms in total. The number of hydrogen-bond donors (Lipinski definition) is 1. The van der Waals surface area contributed by atoms with Gasteiger partial charge in [0.15, 0.2) is 15.0 Å². The van der Waals surface area contributed by atoms with Gasteiger partial charge < -0.3 is 9.47 Å². The van der Waals surface area contributed by atoms with E-state index in [9.17, 15) is 13.2 Å². The Hall–Kier alpha value is -1.55. The van der Waals surface area contributed by atoms with Gasteiger partial charge in [0.2, 0.25) is 0 Å². The summed E-state index contributed by atoms with van der Waals surface area (Å²) in [4.78, 5) is 16.8. The summed E-state index contributed by atoms with van der Waals surface area (Å²) in [6.07, 6.45) is 2.57. The Labute approximate surface area is 150 Å². The molecule has 1 aliphatic heterocycles. The summed E-state index contributed by atoms with van der Waals surface area (Å²) in [5.41, 5.74) is 0.639. The molecule has 1 aromatic carbocycles. The summed E-state index contributed by atoms with van der Waals surface area (Å²) in [5.74, 6) is -0.291. The molecule has 25 heavy (non-hydrogen) atoms. The number of nitrogens with one attached hydrogen (secondary N) is 1. The van der Waals surface area contributed by atoms with E-state index < -0.39 is 15.9 Å². The largest absolute Gasteiger partial charge is 0.376 e. The number of fused-ring (bicyclic) bond motifs is 1. The lowest BCUT2D eigenvalue weighted by Crippen LogP contribution is -2.30. The molecule has 0 saturated carbocycles. The molecular formula is C16H20N2O5S2. The van der Waals surface area contributed by atoms with Gasteiger partial charge in [-0.05, 0) is 38.0 Å². The Morgan fingerprint density at radius 2 is 2.32 bits per heavy atom. The van der Waals surface area contributed by atoms with Crippen molar-refractivity contribution in [2.45, 2.75) is 36.9 Å². The molecule has 2 unspecified atom stereocenters. The molecule has 1 fully saturated rings. The quantitative estimate of drug-likeness (QED) is 0.821. The van der Waals surface area contributed by atoms with Gasteiger partial charge in [0.05, 0.1) is 27.8 Å². The van der Waals surface area contributed by atoms with Crippen LogP contribution in [0, 0.1) is 0 Å². The van der Waals surface area contributed by atoms with E-state index in [-0.39, 0.29) is 16.9 Å². The fourth-order valence-corrected chi connectivity index (χ4v) is 4.13. The van der Waals surface area contributed by atoms with Gasteiger partial charge in [-0.2, -0.15) is 0 Å². The number of hydrogen-bond acceptors (Lipinski definition) is 7. The van der Waals surface area contributed by atoms with Gasteiger partial charge in [0.25, 0.3) is 5.91 Å². The highest BCUT2D eigenvalue weighted by molar-refractivity contribution is 7.90. The molecule has 2 aromatic rings. The Morgan fingerprint density at radius 1 is 1.52 bits per heavy atom. The third-order valence-electron chi connectivity index (χ3n) is 3.94. The number of carbonyl (C=O) groups excluding carboxylic acids is 1. The van der Waals surface area contributed by atoms with Crippen molar-refractivity contribution in [3.05, 3.63) is 18.2 Å². The lowest BCUT2D eigenvalue weighted by Gasteiger charge is -2.15. The first-order valence-corrected chi connectivity index (χ1v) is 10.7. The van der Waals surface area contributed by atoms with E-state index in [0.717, 1.165) is 25.7 Å². The van der Waals surface area contributed by atoms with Crippen molar-refractivity contribution in [2.75, 3.05) is 24.8 Å². The maximum absolute atomic E-state index is 12.2. The first-order chi connectivity index (χ1) is 11.8. The molecule has 1 amide bonds. The van der Waals surface area contributed by atoms with E-state index in [1.165, 1.54) is 17.4 Å². The predicted octanol–water partition coefficient (Wildman–Crippen LogP) is 2.22. The van der Waals surface area contributed by atoms with Gasteiger partial charge in [-0.1, -0.05) is 11.3 Å². The lowest BCUT2D eigenvalue weighted by atomic mass is 10.2. The third-order valence-corrected chi connectivity index (χ3v) is 5.99. The number of amides is 1. The summed E-state index contributed by atoms with van der Waals surface area (Å²) in [6.45, 7) is 2.82. The minimum absolute atomic E-state index is 0.0621. The molecule has 1 N–H and O–H groups in total. The van der Waals surface area contributed by atoms with Crippen LogP contribution in [0.25, 0.3) is 10.2 Å². The standard InChI is InChI=1S/C16H20N2O5S2/c1-10(23-9-11-4-3-7-22-11)15(19)18-16-17-13-6-5-12(25(2,20)21)8-14(13)24-16/h5-6,8,10-11H,3-4,7,9H2,1-2H3,(H,17,18,19). The summed E-state index contributed by atoms with van der Waals surface area (Å²) < 4.78 is 35.0. The van der Waals surface area contributed by atoms with Crippen molar-refractivity contribution >= 4 is 42.4 Å². The number of rotatable bonds is 6. The van der Waals surface area contributed by atoms with E-state index in [4.69, 9.17) is 9.47 Å². The Bertz CT molecular complexity index is 872. The average Bonchev–Trinajstić information content (AvgIpc) is 3.19. The van der Waals surface area contributed by atoms with Crippen LogP contribution in [0.4, 0.5) is 5.13 Å². The van der Waals surface area contributed by atoms with Crippen molar-refractivity contribution in [1.82, 2.24) is 4.98 Å². The molecule has 0 spiro atoms. The molecule has 1 aromatic heterocycles. The zero-order valence-electron chi connectivity index (χ0n) is 14.0. The maximum Gasteiger partial charge on any atom is 0.254 e. The fourth-order valence-electron chi connectivity index (χ4n) is 2.50. The van der Waals surface area contributed by atoms with Crippen LogP contribution in [0.2, 0.25) is 0 Å². The Morgan fingerprint density at radius 3 is 3.00 bits per heavy atom. The number of nitrogens with zero attached hydrogens (tertiary/aromatic N) is 1. The molecule has 3 rings (SSSR count). The lowest BCUT2D eigenvalue weighted by molar-refractivity contribution is -0.128. The van der Waals surface area contributed by atoms with Crippen LogP contribution in [0.3, 0.4) is 0 Å². The van der Waals surface area contributed by atoms with Crippen molar-refractivity contribution in [1.29, 1.82) is 0 Å². The van der Waals surface area contributed by atoms with Gasteiger partial charge in [-0.3, -0.25) is 10.1 Å². The van der Waals surface area contributed by atoms with Crippen LogP contribution in [0.15, 0.2) is 23.1 Å². The first kappa shape index (κ1) is 18.2. The van der Waals surface area contributed by atoms with Crippen LogP contribution < -0.4 is 5.32 Å². The topological polar surface area (TPSA) is 94.6 Å². The number of aromatic nitrogens is 1. The fraction of sp³-hybridized carbons (Fsp3) is 0.500. The third kappa shape index (κ3) is 4.55. The zero-order valence-corrected chi connectivity index (χ0v) is 15.7. The number of ether oxygens (including phenoxy) is 2. The maximum atomic E-state index is 12.2.